The number of ketones is 1. The zero-order valence-electron chi connectivity index (χ0n) is 14.8. The number of Topliss-reactive ketones (excluding diaryl/α,β-unsaturated/α-hetero) is 1. The molecule has 4 heteroatoms. The first-order chi connectivity index (χ1) is 12.2. The zero-order valence-corrected chi connectivity index (χ0v) is 14.8. The largest absolute Gasteiger partial charge is 0.315 e. The van der Waals surface area contributed by atoms with Crippen molar-refractivity contribution in [1.82, 2.24) is 10.2 Å². The Morgan fingerprint density at radius 1 is 1.24 bits per heavy atom. The summed E-state index contributed by atoms with van der Waals surface area (Å²) >= 11 is 0. The number of carbonyl (C=O) groups excluding carboxylic acids is 1. The van der Waals surface area contributed by atoms with Crippen LogP contribution in [0.15, 0.2) is 41.0 Å². The van der Waals surface area contributed by atoms with Gasteiger partial charge in [-0.1, -0.05) is 18.2 Å². The van der Waals surface area contributed by atoms with Crippen molar-refractivity contribution in [1.29, 1.82) is 0 Å². The van der Waals surface area contributed by atoms with E-state index in [1.165, 1.54) is 23.1 Å². The molecule has 25 heavy (non-hydrogen) atoms. The second-order valence-electron chi connectivity index (χ2n) is 7.23. The molecule has 2 aliphatic heterocycles. The number of fused-ring (bicyclic) bond motifs is 1. The van der Waals surface area contributed by atoms with Crippen LogP contribution in [0.2, 0.25) is 0 Å². The number of nitrogens with zero attached hydrogens (tertiary/aromatic N) is 2. The molecule has 1 aromatic rings. The number of aliphatic imine (C=N–C) groups is 1. The van der Waals surface area contributed by atoms with E-state index in [4.69, 9.17) is 0 Å². The van der Waals surface area contributed by atoms with Gasteiger partial charge in [0, 0.05) is 50.0 Å². The normalized spacial score (nSPS) is 22.8. The minimum absolute atomic E-state index is 0.241. The van der Waals surface area contributed by atoms with Gasteiger partial charge < -0.3 is 5.32 Å². The summed E-state index contributed by atoms with van der Waals surface area (Å²) in [7, 11) is 0. The molecule has 1 aliphatic carbocycles. The third-order valence-corrected chi connectivity index (χ3v) is 5.22. The summed E-state index contributed by atoms with van der Waals surface area (Å²) in [6.07, 6.45) is 6.54. The van der Waals surface area contributed by atoms with Crippen LogP contribution in [0.3, 0.4) is 0 Å². The van der Waals surface area contributed by atoms with E-state index >= 15 is 0 Å². The number of rotatable bonds is 3. The number of allylic oxidation sites excluding steroid dienone is 3. The molecule has 4 rings (SSSR count). The molecule has 0 saturated carbocycles. The molecule has 1 aromatic carbocycles. The number of hydrogen-bond acceptors (Lipinski definition) is 4. The molecule has 0 radical (unpaired) electrons. The first-order valence-corrected chi connectivity index (χ1v) is 9.22. The Bertz CT molecular complexity index is 780. The van der Waals surface area contributed by atoms with Crippen LogP contribution in [-0.2, 0) is 17.8 Å². The van der Waals surface area contributed by atoms with Gasteiger partial charge in [0.1, 0.15) is 0 Å². The fraction of sp³-hybridized carbons (Fsp3) is 0.429. The van der Waals surface area contributed by atoms with Crippen molar-refractivity contribution in [2.75, 3.05) is 26.2 Å². The molecule has 4 nitrogen and oxygen atoms in total. The molecule has 1 saturated heterocycles. The average molecular weight is 335 g/mol. The monoisotopic (exact) mass is 335 g/mol. The number of carbonyl (C=O) groups is 1. The van der Waals surface area contributed by atoms with Crippen LogP contribution in [0.4, 0.5) is 0 Å². The number of benzene rings is 1. The summed E-state index contributed by atoms with van der Waals surface area (Å²) in [5.74, 6) is 0.241. The van der Waals surface area contributed by atoms with Crippen LogP contribution in [0.5, 0.6) is 0 Å². The van der Waals surface area contributed by atoms with Gasteiger partial charge in [0.25, 0.3) is 0 Å². The Kier molecular flexibility index (Phi) is 4.64. The smallest absolute Gasteiger partial charge is 0.167 e. The molecule has 130 valence electrons. The van der Waals surface area contributed by atoms with Gasteiger partial charge in [0.05, 0.1) is 0 Å². The lowest BCUT2D eigenvalue weighted by atomic mass is 9.97. The Morgan fingerprint density at radius 3 is 3.00 bits per heavy atom. The van der Waals surface area contributed by atoms with E-state index in [9.17, 15) is 4.79 Å². The summed E-state index contributed by atoms with van der Waals surface area (Å²) in [4.78, 5) is 19.5. The van der Waals surface area contributed by atoms with Crippen molar-refractivity contribution >= 4 is 17.1 Å². The molecule has 0 spiro atoms. The van der Waals surface area contributed by atoms with E-state index in [2.05, 4.69) is 39.5 Å². The highest BCUT2D eigenvalue weighted by Gasteiger charge is 2.28. The predicted octanol–water partition coefficient (Wildman–Crippen LogP) is 2.74. The van der Waals surface area contributed by atoms with Crippen molar-refractivity contribution < 1.29 is 4.79 Å². The van der Waals surface area contributed by atoms with Crippen molar-refractivity contribution in [3.05, 3.63) is 52.7 Å². The van der Waals surface area contributed by atoms with Gasteiger partial charge in [-0.25, -0.2) is 0 Å². The Labute approximate surface area is 149 Å². The molecular weight excluding hydrogens is 310 g/mol. The third kappa shape index (κ3) is 3.51. The number of hydrogen-bond donors (Lipinski definition) is 1. The molecule has 0 unspecified atom stereocenters. The highest BCUT2D eigenvalue weighted by atomic mass is 16.1. The van der Waals surface area contributed by atoms with Crippen molar-refractivity contribution in [2.45, 2.75) is 32.7 Å². The third-order valence-electron chi connectivity index (χ3n) is 5.22. The average Bonchev–Trinajstić information content (AvgIpc) is 3.03. The lowest BCUT2D eigenvalue weighted by molar-refractivity contribution is -0.112. The second-order valence-corrected chi connectivity index (χ2v) is 7.23. The fourth-order valence-corrected chi connectivity index (χ4v) is 3.99. The molecule has 3 aliphatic rings. The lowest BCUT2D eigenvalue weighted by Crippen LogP contribution is -2.28. The summed E-state index contributed by atoms with van der Waals surface area (Å²) in [5.41, 5.74) is 6.78. The van der Waals surface area contributed by atoms with Crippen molar-refractivity contribution in [2.24, 2.45) is 4.99 Å². The maximum absolute atomic E-state index is 12.6. The highest BCUT2D eigenvalue weighted by Crippen LogP contribution is 2.35. The molecule has 1 fully saturated rings. The van der Waals surface area contributed by atoms with Crippen LogP contribution >= 0.6 is 0 Å². The van der Waals surface area contributed by atoms with Gasteiger partial charge in [-0.15, -0.1) is 0 Å². The van der Waals surface area contributed by atoms with Crippen molar-refractivity contribution in [3.8, 4) is 0 Å². The van der Waals surface area contributed by atoms with E-state index in [0.29, 0.717) is 6.42 Å². The minimum Gasteiger partial charge on any atom is -0.315 e. The van der Waals surface area contributed by atoms with E-state index in [1.807, 2.05) is 13.1 Å². The van der Waals surface area contributed by atoms with Gasteiger partial charge in [-0.3, -0.25) is 14.7 Å². The highest BCUT2D eigenvalue weighted by molar-refractivity contribution is 6.26. The Hall–Kier alpha value is -2.04. The number of nitrogens with one attached hydrogen (secondary N) is 1. The maximum Gasteiger partial charge on any atom is 0.167 e. The molecule has 0 amide bonds. The summed E-state index contributed by atoms with van der Waals surface area (Å²) < 4.78 is 0. The van der Waals surface area contributed by atoms with Crippen LogP contribution in [0, 0.1) is 0 Å². The van der Waals surface area contributed by atoms with Crippen LogP contribution in [0.1, 0.15) is 36.5 Å². The van der Waals surface area contributed by atoms with Crippen LogP contribution in [-0.4, -0.2) is 42.6 Å². The Balaban J connectivity index is 1.64. The van der Waals surface area contributed by atoms with E-state index < -0.39 is 0 Å². The quantitative estimate of drug-likeness (QED) is 0.864. The second kappa shape index (κ2) is 7.06. The van der Waals surface area contributed by atoms with Gasteiger partial charge in [-0.05, 0) is 54.8 Å². The topological polar surface area (TPSA) is 44.7 Å². The van der Waals surface area contributed by atoms with Gasteiger partial charge in [-0.2, -0.15) is 0 Å². The predicted molar refractivity (Wildman–Crippen MR) is 102 cm³/mol. The molecule has 0 atom stereocenters. The molecular formula is C21H25N3O. The lowest BCUT2D eigenvalue weighted by Gasteiger charge is -2.21. The molecule has 0 aromatic heterocycles. The van der Waals surface area contributed by atoms with Gasteiger partial charge in [0.2, 0.25) is 0 Å². The maximum atomic E-state index is 12.6. The van der Waals surface area contributed by atoms with Gasteiger partial charge >= 0.3 is 0 Å². The van der Waals surface area contributed by atoms with E-state index in [0.717, 1.165) is 56.0 Å². The summed E-state index contributed by atoms with van der Waals surface area (Å²) in [6.45, 7) is 7.27. The zero-order chi connectivity index (χ0) is 17.2. The summed E-state index contributed by atoms with van der Waals surface area (Å²) in [6, 6.07) is 6.39. The van der Waals surface area contributed by atoms with Crippen molar-refractivity contribution in [3.63, 3.8) is 0 Å². The standard InChI is InChI=1S/C21H25N3O/c1-15-10-16(13-23-15)11-19-20(25)12-17-4-2-5-18(21(17)19)14-24-8-3-6-22-7-9-24/h2,4-5,11,13,22H,3,6-10,12,14H2,1H3/b19-11+. The SMILES string of the molecule is CC1=NC=C(/C=C2\C(=O)Cc3cccc(CN4CCCNCC4)c32)C1. The first-order valence-electron chi connectivity index (χ1n) is 9.22. The van der Waals surface area contributed by atoms with E-state index in [1.54, 1.807) is 0 Å². The summed E-state index contributed by atoms with van der Waals surface area (Å²) in [5, 5.41) is 3.46. The fourth-order valence-electron chi connectivity index (χ4n) is 3.99. The van der Waals surface area contributed by atoms with E-state index in [-0.39, 0.29) is 5.78 Å². The minimum atomic E-state index is 0.241. The molecule has 0 bridgehead atoms. The molecule has 2 heterocycles. The van der Waals surface area contributed by atoms with Gasteiger partial charge in [0.15, 0.2) is 5.78 Å². The van der Waals surface area contributed by atoms with Crippen LogP contribution in [0.25, 0.3) is 5.57 Å². The van der Waals surface area contributed by atoms with Crippen LogP contribution < -0.4 is 5.32 Å². The Morgan fingerprint density at radius 2 is 2.16 bits per heavy atom. The molecule has 1 N–H and O–H groups in total. The first kappa shape index (κ1) is 16.4.